The lowest BCUT2D eigenvalue weighted by atomic mass is 9.53. The first-order chi connectivity index (χ1) is 6.59. The second-order valence-corrected chi connectivity index (χ2v) is 5.37. The molecule has 2 bridgehead atoms. The summed E-state index contributed by atoms with van der Waals surface area (Å²) in [7, 11) is 0. The Morgan fingerprint density at radius 1 is 1.43 bits per heavy atom. The smallest absolute Gasteiger partial charge is 0.123 e. The van der Waals surface area contributed by atoms with Gasteiger partial charge < -0.3 is 4.79 Å². The predicted octanol–water partition coefficient (Wildman–Crippen LogP) is 3.20. The molecule has 0 aromatic rings. The minimum absolute atomic E-state index is 0.267. The van der Waals surface area contributed by atoms with Gasteiger partial charge in [0.1, 0.15) is 6.29 Å². The Kier molecular flexibility index (Phi) is 2.29. The lowest BCUT2D eigenvalue weighted by Crippen LogP contribution is -2.43. The molecule has 2 aliphatic rings. The lowest BCUT2D eigenvalue weighted by Gasteiger charge is -2.51. The van der Waals surface area contributed by atoms with Crippen molar-refractivity contribution >= 4 is 6.29 Å². The van der Waals surface area contributed by atoms with Crippen molar-refractivity contribution in [2.24, 2.45) is 23.2 Å². The Labute approximate surface area is 86.6 Å². The fraction of sp³-hybridized carbons (Fsp3) is 0.769. The van der Waals surface area contributed by atoms with Crippen molar-refractivity contribution in [2.45, 2.75) is 39.5 Å². The van der Waals surface area contributed by atoms with Crippen LogP contribution in [0.25, 0.3) is 0 Å². The molecule has 0 spiro atoms. The van der Waals surface area contributed by atoms with E-state index >= 15 is 0 Å². The van der Waals surface area contributed by atoms with E-state index in [0.29, 0.717) is 11.3 Å². The minimum Gasteiger partial charge on any atom is -0.303 e. The van der Waals surface area contributed by atoms with Gasteiger partial charge in [-0.3, -0.25) is 0 Å². The highest BCUT2D eigenvalue weighted by Gasteiger charge is 2.46. The summed E-state index contributed by atoms with van der Waals surface area (Å²) in [5, 5.41) is 0. The largest absolute Gasteiger partial charge is 0.303 e. The van der Waals surface area contributed by atoms with E-state index in [-0.39, 0.29) is 5.92 Å². The summed E-state index contributed by atoms with van der Waals surface area (Å²) in [6.07, 6.45) is 5.84. The molecule has 0 aliphatic heterocycles. The predicted molar refractivity (Wildman–Crippen MR) is 57.9 cm³/mol. The highest BCUT2D eigenvalue weighted by molar-refractivity contribution is 5.56. The van der Waals surface area contributed by atoms with Crippen LogP contribution in [-0.2, 0) is 4.79 Å². The first kappa shape index (κ1) is 9.95. The number of hydrogen-bond donors (Lipinski definition) is 0. The van der Waals surface area contributed by atoms with Crippen molar-refractivity contribution in [2.75, 3.05) is 0 Å². The molecule has 14 heavy (non-hydrogen) atoms. The van der Waals surface area contributed by atoms with E-state index < -0.39 is 0 Å². The number of allylic oxidation sites excluding steroid dienone is 1. The highest BCUT2D eigenvalue weighted by Crippen LogP contribution is 2.56. The van der Waals surface area contributed by atoms with Crippen LogP contribution in [-0.4, -0.2) is 6.29 Å². The summed E-state index contributed by atoms with van der Waals surface area (Å²) in [5.41, 5.74) is 1.68. The van der Waals surface area contributed by atoms with Crippen LogP contribution in [0.1, 0.15) is 39.5 Å². The van der Waals surface area contributed by atoms with Gasteiger partial charge in [-0.05, 0) is 42.9 Å². The molecule has 2 saturated carbocycles. The normalized spacial score (nSPS) is 47.6. The Bertz CT molecular complexity index is 268. The van der Waals surface area contributed by atoms with Crippen molar-refractivity contribution < 1.29 is 4.79 Å². The van der Waals surface area contributed by atoms with Crippen LogP contribution in [0, 0.1) is 23.2 Å². The average molecular weight is 192 g/mol. The van der Waals surface area contributed by atoms with Crippen molar-refractivity contribution in [3.05, 3.63) is 12.2 Å². The van der Waals surface area contributed by atoms with E-state index in [2.05, 4.69) is 20.4 Å². The molecule has 1 heteroatoms. The molecule has 78 valence electrons. The van der Waals surface area contributed by atoms with Crippen molar-refractivity contribution in [3.8, 4) is 0 Å². The quantitative estimate of drug-likeness (QED) is 0.460. The third kappa shape index (κ3) is 1.18. The van der Waals surface area contributed by atoms with Crippen LogP contribution in [0.15, 0.2) is 12.2 Å². The Balaban J connectivity index is 2.29. The molecular formula is C13H20O. The summed E-state index contributed by atoms with van der Waals surface area (Å²) in [6, 6.07) is 0. The third-order valence-electron chi connectivity index (χ3n) is 4.87. The molecule has 0 aromatic heterocycles. The summed E-state index contributed by atoms with van der Waals surface area (Å²) in [5.74, 6) is 1.50. The van der Waals surface area contributed by atoms with Gasteiger partial charge in [0.05, 0.1) is 0 Å². The van der Waals surface area contributed by atoms with Gasteiger partial charge in [-0.25, -0.2) is 0 Å². The topological polar surface area (TPSA) is 17.1 Å². The van der Waals surface area contributed by atoms with Gasteiger partial charge in [0, 0.05) is 5.92 Å². The Morgan fingerprint density at radius 2 is 2.14 bits per heavy atom. The van der Waals surface area contributed by atoms with Crippen molar-refractivity contribution in [1.82, 2.24) is 0 Å². The van der Waals surface area contributed by atoms with Gasteiger partial charge >= 0.3 is 0 Å². The zero-order valence-electron chi connectivity index (χ0n) is 9.25. The zero-order valence-corrected chi connectivity index (χ0v) is 9.25. The standard InChI is InChI=1S/C13H20O/c1-9-4-5-12-10(2)13(9,3)7-6-11(12)8-14/h8-9,11-12H,2,4-7H2,1,3H3/t9-,11-,12-,13+/m1/s1. The maximum absolute atomic E-state index is 11.0. The summed E-state index contributed by atoms with van der Waals surface area (Å²) >= 11 is 0. The number of hydrogen-bond acceptors (Lipinski definition) is 1. The van der Waals surface area contributed by atoms with Crippen LogP contribution in [0.5, 0.6) is 0 Å². The number of carbonyl (C=O) groups is 1. The number of rotatable bonds is 1. The Hall–Kier alpha value is -0.590. The van der Waals surface area contributed by atoms with E-state index in [1.54, 1.807) is 0 Å². The number of carbonyl (C=O) groups excluding carboxylic acids is 1. The van der Waals surface area contributed by atoms with Crippen LogP contribution >= 0.6 is 0 Å². The average Bonchev–Trinajstić information content (AvgIpc) is 2.17. The first-order valence-corrected chi connectivity index (χ1v) is 5.74. The SMILES string of the molecule is C=C1[C@H]2CC[C@@H](C)[C@]1(C)CC[C@@H]2C=O. The van der Waals surface area contributed by atoms with Crippen molar-refractivity contribution in [1.29, 1.82) is 0 Å². The molecule has 2 fully saturated rings. The van der Waals surface area contributed by atoms with Gasteiger partial charge in [0.15, 0.2) is 0 Å². The van der Waals surface area contributed by atoms with Gasteiger partial charge in [-0.2, -0.15) is 0 Å². The summed E-state index contributed by atoms with van der Waals surface area (Å²) in [4.78, 5) is 11.0. The van der Waals surface area contributed by atoms with Crippen LogP contribution in [0.2, 0.25) is 0 Å². The van der Waals surface area contributed by atoms with Crippen LogP contribution in [0.4, 0.5) is 0 Å². The fourth-order valence-corrected chi connectivity index (χ4v) is 3.37. The molecule has 0 amide bonds. The molecule has 0 aromatic carbocycles. The zero-order chi connectivity index (χ0) is 10.3. The van der Waals surface area contributed by atoms with E-state index in [1.165, 1.54) is 18.4 Å². The second-order valence-electron chi connectivity index (χ2n) is 5.37. The monoisotopic (exact) mass is 192 g/mol. The third-order valence-corrected chi connectivity index (χ3v) is 4.87. The molecule has 0 unspecified atom stereocenters. The molecule has 0 N–H and O–H groups in total. The molecule has 1 nitrogen and oxygen atoms in total. The Morgan fingerprint density at radius 3 is 2.79 bits per heavy atom. The van der Waals surface area contributed by atoms with E-state index in [9.17, 15) is 4.79 Å². The number of fused-ring (bicyclic) bond motifs is 2. The van der Waals surface area contributed by atoms with E-state index in [4.69, 9.17) is 0 Å². The first-order valence-electron chi connectivity index (χ1n) is 5.74. The molecule has 0 radical (unpaired) electrons. The molecule has 4 atom stereocenters. The molecule has 2 aliphatic carbocycles. The van der Waals surface area contributed by atoms with E-state index in [1.807, 2.05) is 0 Å². The number of aldehydes is 1. The minimum atomic E-state index is 0.267. The second kappa shape index (κ2) is 3.22. The fourth-order valence-electron chi connectivity index (χ4n) is 3.37. The lowest BCUT2D eigenvalue weighted by molar-refractivity contribution is -0.114. The van der Waals surface area contributed by atoms with Gasteiger partial charge in [-0.15, -0.1) is 0 Å². The highest BCUT2D eigenvalue weighted by atomic mass is 16.1. The van der Waals surface area contributed by atoms with Crippen molar-refractivity contribution in [3.63, 3.8) is 0 Å². The van der Waals surface area contributed by atoms with E-state index in [0.717, 1.165) is 25.0 Å². The molecular weight excluding hydrogens is 172 g/mol. The summed E-state index contributed by atoms with van der Waals surface area (Å²) in [6.45, 7) is 8.94. The summed E-state index contributed by atoms with van der Waals surface area (Å²) < 4.78 is 0. The molecule has 2 rings (SSSR count). The maximum Gasteiger partial charge on any atom is 0.123 e. The maximum atomic E-state index is 11.0. The van der Waals surface area contributed by atoms with Gasteiger partial charge in [-0.1, -0.05) is 26.0 Å². The van der Waals surface area contributed by atoms with Crippen LogP contribution < -0.4 is 0 Å². The molecule has 0 saturated heterocycles. The van der Waals surface area contributed by atoms with Gasteiger partial charge in [0.2, 0.25) is 0 Å². The van der Waals surface area contributed by atoms with Gasteiger partial charge in [0.25, 0.3) is 0 Å². The molecule has 0 heterocycles. The van der Waals surface area contributed by atoms with Crippen LogP contribution in [0.3, 0.4) is 0 Å².